The lowest BCUT2D eigenvalue weighted by Crippen LogP contribution is -2.36. The van der Waals surface area contributed by atoms with Crippen LogP contribution in [0.15, 0.2) is 73.3 Å². The second kappa shape index (κ2) is 10.8. The summed E-state index contributed by atoms with van der Waals surface area (Å²) in [6.07, 6.45) is 13.0. The van der Waals surface area contributed by atoms with E-state index in [2.05, 4.69) is 11.7 Å². The molecule has 1 aliphatic rings. The van der Waals surface area contributed by atoms with Crippen molar-refractivity contribution in [2.45, 2.75) is 63.8 Å². The van der Waals surface area contributed by atoms with Crippen LogP contribution < -0.4 is 15.7 Å². The van der Waals surface area contributed by atoms with Crippen molar-refractivity contribution in [3.05, 3.63) is 73.3 Å². The molecule has 2 aromatic carbocycles. The summed E-state index contributed by atoms with van der Waals surface area (Å²) in [5, 5.41) is 5.49. The van der Waals surface area contributed by atoms with Crippen molar-refractivity contribution in [2.75, 3.05) is 0 Å². The van der Waals surface area contributed by atoms with Crippen LogP contribution in [-0.4, -0.2) is 6.04 Å². The van der Waals surface area contributed by atoms with E-state index in [1.165, 1.54) is 32.1 Å². The Kier molecular flexibility index (Phi) is 8.13. The summed E-state index contributed by atoms with van der Waals surface area (Å²) in [7, 11) is -2.87. The lowest BCUT2D eigenvalue weighted by Gasteiger charge is -2.31. The van der Waals surface area contributed by atoms with Crippen LogP contribution >= 0.6 is 7.29 Å². The van der Waals surface area contributed by atoms with Crippen LogP contribution in [-0.2, 0) is 4.57 Å². The minimum Gasteiger partial charge on any atom is -0.297 e. The predicted octanol–water partition coefficient (Wildman–Crippen LogP) is 6.20. The molecule has 0 amide bonds. The average Bonchev–Trinajstić information content (AvgIpc) is 2.76. The van der Waals surface area contributed by atoms with Gasteiger partial charge >= 0.3 is 0 Å². The SMILES string of the molecule is C=CCCC[C@@H](CC1CCCCC1)NP(=O)(c1ccccc1)c1ccccc1. The summed E-state index contributed by atoms with van der Waals surface area (Å²) < 4.78 is 14.4. The van der Waals surface area contributed by atoms with Crippen LogP contribution in [0.25, 0.3) is 0 Å². The lowest BCUT2D eigenvalue weighted by molar-refractivity contribution is 0.303. The highest BCUT2D eigenvalue weighted by Gasteiger charge is 2.31. The number of allylic oxidation sites excluding steroid dienone is 1. The minimum atomic E-state index is -2.87. The molecule has 0 aromatic heterocycles. The second-order valence-corrected chi connectivity index (χ2v) is 10.6. The molecule has 1 fully saturated rings. The first kappa shape index (κ1) is 21.1. The molecule has 1 atom stereocenters. The van der Waals surface area contributed by atoms with Gasteiger partial charge in [0.1, 0.15) is 0 Å². The summed E-state index contributed by atoms with van der Waals surface area (Å²) in [5.41, 5.74) is 0. The van der Waals surface area contributed by atoms with Crippen LogP contribution in [0.1, 0.15) is 57.8 Å². The van der Waals surface area contributed by atoms with E-state index in [1.54, 1.807) is 0 Å². The summed E-state index contributed by atoms with van der Waals surface area (Å²) in [6, 6.07) is 20.2. The van der Waals surface area contributed by atoms with Crippen molar-refractivity contribution in [2.24, 2.45) is 5.92 Å². The fourth-order valence-corrected chi connectivity index (χ4v) is 6.93. The van der Waals surface area contributed by atoms with Gasteiger partial charge in [0.25, 0.3) is 0 Å². The maximum atomic E-state index is 14.4. The first-order chi connectivity index (χ1) is 13.7. The van der Waals surface area contributed by atoms with Crippen molar-refractivity contribution >= 4 is 17.9 Å². The number of unbranched alkanes of at least 4 members (excludes halogenated alkanes) is 1. The monoisotopic (exact) mass is 395 g/mol. The molecule has 0 radical (unpaired) electrons. The minimum absolute atomic E-state index is 0.272. The lowest BCUT2D eigenvalue weighted by atomic mass is 9.84. The molecule has 0 unspecified atom stereocenters. The van der Waals surface area contributed by atoms with Gasteiger partial charge in [-0.1, -0.05) is 74.6 Å². The molecule has 1 aliphatic carbocycles. The van der Waals surface area contributed by atoms with Gasteiger partial charge in [0, 0.05) is 16.7 Å². The van der Waals surface area contributed by atoms with E-state index in [0.717, 1.165) is 42.2 Å². The van der Waals surface area contributed by atoms with Crippen LogP contribution in [0.4, 0.5) is 0 Å². The van der Waals surface area contributed by atoms with Crippen LogP contribution in [0.5, 0.6) is 0 Å². The number of nitrogens with one attached hydrogen (secondary N) is 1. The zero-order valence-corrected chi connectivity index (χ0v) is 17.8. The standard InChI is InChI=1S/C25H34NOP/c1-2-3-7-16-23(21-22-14-8-4-9-15-22)26-28(27,24-17-10-5-11-18-24)25-19-12-6-13-20-25/h2,5-6,10-13,17-20,22-23H,1,3-4,7-9,14-16,21H2,(H,26,27)/t23-/m0/s1. The fraction of sp³-hybridized carbons (Fsp3) is 0.440. The normalized spacial score (nSPS) is 16.6. The summed E-state index contributed by atoms with van der Waals surface area (Å²) in [5.74, 6) is 0.759. The highest BCUT2D eigenvalue weighted by atomic mass is 31.2. The summed E-state index contributed by atoms with van der Waals surface area (Å²) >= 11 is 0. The maximum absolute atomic E-state index is 14.4. The molecule has 2 nitrogen and oxygen atoms in total. The largest absolute Gasteiger partial charge is 0.297 e. The third-order valence-corrected chi connectivity index (χ3v) is 8.69. The van der Waals surface area contributed by atoms with E-state index < -0.39 is 7.29 Å². The third kappa shape index (κ3) is 5.69. The Hall–Kier alpha value is -1.63. The summed E-state index contributed by atoms with van der Waals surface area (Å²) in [4.78, 5) is 0. The molecule has 2 aromatic rings. The molecule has 150 valence electrons. The van der Waals surface area contributed by atoms with Crippen molar-refractivity contribution in [3.63, 3.8) is 0 Å². The number of hydrogen-bond donors (Lipinski definition) is 1. The Bertz CT molecular complexity index is 709. The van der Waals surface area contributed by atoms with Gasteiger partial charge < -0.3 is 0 Å². The molecule has 1 saturated carbocycles. The first-order valence-electron chi connectivity index (χ1n) is 10.8. The predicted molar refractivity (Wildman–Crippen MR) is 122 cm³/mol. The molecule has 3 rings (SSSR count). The Morgan fingerprint density at radius 3 is 2.07 bits per heavy atom. The van der Waals surface area contributed by atoms with E-state index in [0.29, 0.717) is 0 Å². The van der Waals surface area contributed by atoms with Gasteiger partial charge in [0.15, 0.2) is 0 Å². The quantitative estimate of drug-likeness (QED) is 0.295. The van der Waals surface area contributed by atoms with Gasteiger partial charge in [-0.2, -0.15) is 0 Å². The first-order valence-corrected chi connectivity index (χ1v) is 12.5. The van der Waals surface area contributed by atoms with Crippen LogP contribution in [0.3, 0.4) is 0 Å². The third-order valence-electron chi connectivity index (χ3n) is 5.91. The molecule has 0 spiro atoms. The molecule has 0 heterocycles. The van der Waals surface area contributed by atoms with Gasteiger partial charge in [-0.25, -0.2) is 0 Å². The molecule has 3 heteroatoms. The van der Waals surface area contributed by atoms with Crippen LogP contribution in [0.2, 0.25) is 0 Å². The van der Waals surface area contributed by atoms with Crippen molar-refractivity contribution in [1.82, 2.24) is 5.09 Å². The van der Waals surface area contributed by atoms with E-state index in [9.17, 15) is 4.57 Å². The zero-order valence-electron chi connectivity index (χ0n) is 16.9. The Balaban J connectivity index is 1.85. The topological polar surface area (TPSA) is 29.1 Å². The smallest absolute Gasteiger partial charge is 0.204 e. The van der Waals surface area contributed by atoms with Gasteiger partial charge in [-0.3, -0.25) is 9.65 Å². The van der Waals surface area contributed by atoms with Gasteiger partial charge in [-0.15, -0.1) is 6.58 Å². The number of rotatable bonds is 10. The molecule has 28 heavy (non-hydrogen) atoms. The van der Waals surface area contributed by atoms with Crippen LogP contribution in [0, 0.1) is 5.92 Å². The maximum Gasteiger partial charge on any atom is 0.204 e. The highest BCUT2D eigenvalue weighted by molar-refractivity contribution is 7.76. The number of hydrogen-bond acceptors (Lipinski definition) is 1. The van der Waals surface area contributed by atoms with Crippen molar-refractivity contribution in [3.8, 4) is 0 Å². The molecule has 0 saturated heterocycles. The second-order valence-electron chi connectivity index (χ2n) is 8.07. The Morgan fingerprint density at radius 1 is 0.964 bits per heavy atom. The zero-order chi connectivity index (χ0) is 19.7. The number of benzene rings is 2. The average molecular weight is 396 g/mol. The van der Waals surface area contributed by atoms with Gasteiger partial charge in [0.05, 0.1) is 0 Å². The molecular weight excluding hydrogens is 361 g/mol. The van der Waals surface area contributed by atoms with Crippen molar-refractivity contribution in [1.29, 1.82) is 0 Å². The van der Waals surface area contributed by atoms with E-state index in [1.807, 2.05) is 66.7 Å². The Morgan fingerprint density at radius 2 is 1.54 bits per heavy atom. The van der Waals surface area contributed by atoms with E-state index in [-0.39, 0.29) is 6.04 Å². The molecular formula is C25H34NOP. The van der Waals surface area contributed by atoms with Gasteiger partial charge in [-0.05, 0) is 55.9 Å². The summed E-state index contributed by atoms with van der Waals surface area (Å²) in [6.45, 7) is 3.87. The van der Waals surface area contributed by atoms with E-state index in [4.69, 9.17) is 0 Å². The fourth-order valence-electron chi connectivity index (χ4n) is 4.40. The van der Waals surface area contributed by atoms with Gasteiger partial charge in [0.2, 0.25) is 7.29 Å². The molecule has 0 bridgehead atoms. The molecule has 1 N–H and O–H groups in total. The Labute approximate surface area is 170 Å². The van der Waals surface area contributed by atoms with Crippen molar-refractivity contribution < 1.29 is 4.57 Å². The molecule has 0 aliphatic heterocycles. The highest BCUT2D eigenvalue weighted by Crippen LogP contribution is 2.41. The van der Waals surface area contributed by atoms with E-state index >= 15 is 0 Å².